The molecule has 0 amide bonds. The zero-order chi connectivity index (χ0) is 17.3. The van der Waals surface area contributed by atoms with E-state index in [4.69, 9.17) is 0 Å². The quantitative estimate of drug-likeness (QED) is 0.426. The fourth-order valence-electron chi connectivity index (χ4n) is 3.48. The number of anilines is 3. The molecule has 0 atom stereocenters. The molecule has 2 heterocycles. The molecule has 124 valence electrons. The standard InChI is InChI=1S/C23H17N3/c1-3-7-17(8-4-1)26(18-9-5-2-6-10-18)19-11-12-22-21(15-19)20-13-14-24-16-23(20)25-22/h1-16,25H. The fraction of sp³-hybridized carbons (Fsp3) is 0. The summed E-state index contributed by atoms with van der Waals surface area (Å²) in [4.78, 5) is 9.94. The Balaban J connectivity index is 1.75. The molecule has 0 bridgehead atoms. The second-order valence-corrected chi connectivity index (χ2v) is 6.28. The van der Waals surface area contributed by atoms with E-state index in [0.29, 0.717) is 0 Å². The molecule has 0 saturated carbocycles. The fourth-order valence-corrected chi connectivity index (χ4v) is 3.48. The van der Waals surface area contributed by atoms with E-state index < -0.39 is 0 Å². The van der Waals surface area contributed by atoms with Crippen LogP contribution < -0.4 is 4.90 Å². The first-order valence-corrected chi connectivity index (χ1v) is 8.66. The van der Waals surface area contributed by atoms with Crippen LogP contribution in [0.25, 0.3) is 21.8 Å². The second-order valence-electron chi connectivity index (χ2n) is 6.28. The Morgan fingerprint density at radius 3 is 2.00 bits per heavy atom. The summed E-state index contributed by atoms with van der Waals surface area (Å²) >= 11 is 0. The van der Waals surface area contributed by atoms with Crippen LogP contribution in [0.5, 0.6) is 0 Å². The predicted molar refractivity (Wildman–Crippen MR) is 108 cm³/mol. The van der Waals surface area contributed by atoms with E-state index in [9.17, 15) is 0 Å². The van der Waals surface area contributed by atoms with Gasteiger partial charge in [0.1, 0.15) is 0 Å². The van der Waals surface area contributed by atoms with Crippen LogP contribution >= 0.6 is 0 Å². The predicted octanol–water partition coefficient (Wildman–Crippen LogP) is 6.19. The van der Waals surface area contributed by atoms with Gasteiger partial charge in [-0.2, -0.15) is 0 Å². The molecular formula is C23H17N3. The number of nitrogens with zero attached hydrogens (tertiary/aromatic N) is 2. The van der Waals surface area contributed by atoms with Crippen molar-refractivity contribution in [3.8, 4) is 0 Å². The van der Waals surface area contributed by atoms with Crippen LogP contribution in [0.15, 0.2) is 97.3 Å². The number of hydrogen-bond donors (Lipinski definition) is 1. The van der Waals surface area contributed by atoms with Gasteiger partial charge in [0.05, 0.1) is 11.7 Å². The van der Waals surface area contributed by atoms with E-state index in [1.165, 1.54) is 10.8 Å². The average Bonchev–Trinajstić information content (AvgIpc) is 3.08. The molecule has 0 unspecified atom stereocenters. The number of hydrogen-bond acceptors (Lipinski definition) is 2. The third kappa shape index (κ3) is 2.42. The number of rotatable bonds is 3. The minimum atomic E-state index is 1.06. The lowest BCUT2D eigenvalue weighted by Gasteiger charge is -2.25. The maximum atomic E-state index is 4.22. The number of aromatic nitrogens is 2. The van der Waals surface area contributed by atoms with Gasteiger partial charge in [-0.1, -0.05) is 36.4 Å². The zero-order valence-corrected chi connectivity index (χ0v) is 14.1. The first-order valence-electron chi connectivity index (χ1n) is 8.66. The van der Waals surface area contributed by atoms with Gasteiger partial charge in [-0.25, -0.2) is 0 Å². The summed E-state index contributed by atoms with van der Waals surface area (Å²) in [6, 6.07) is 29.5. The highest BCUT2D eigenvalue weighted by Gasteiger charge is 2.13. The Morgan fingerprint density at radius 1 is 0.615 bits per heavy atom. The van der Waals surface area contributed by atoms with Crippen LogP contribution in [0.2, 0.25) is 0 Å². The SMILES string of the molecule is c1ccc(N(c2ccccc2)c2ccc3[nH]c4cnccc4c3c2)cc1. The topological polar surface area (TPSA) is 31.9 Å². The molecule has 5 aromatic rings. The second kappa shape index (κ2) is 6.05. The first kappa shape index (κ1) is 14.7. The highest BCUT2D eigenvalue weighted by Crippen LogP contribution is 2.37. The third-order valence-corrected chi connectivity index (χ3v) is 4.67. The Kier molecular flexibility index (Phi) is 3.42. The van der Waals surface area contributed by atoms with E-state index in [2.05, 4.69) is 87.7 Å². The number of benzene rings is 3. The molecule has 0 saturated heterocycles. The van der Waals surface area contributed by atoms with Crippen LogP contribution in [-0.2, 0) is 0 Å². The van der Waals surface area contributed by atoms with Crippen molar-refractivity contribution in [1.82, 2.24) is 9.97 Å². The van der Waals surface area contributed by atoms with Crippen molar-refractivity contribution >= 4 is 38.9 Å². The number of fused-ring (bicyclic) bond motifs is 3. The molecule has 0 aliphatic rings. The van der Waals surface area contributed by atoms with Gasteiger partial charge in [0.15, 0.2) is 0 Å². The molecule has 0 radical (unpaired) electrons. The summed E-state index contributed by atoms with van der Waals surface area (Å²) in [5.41, 5.74) is 5.59. The summed E-state index contributed by atoms with van der Waals surface area (Å²) in [5, 5.41) is 2.40. The van der Waals surface area contributed by atoms with Crippen molar-refractivity contribution in [1.29, 1.82) is 0 Å². The van der Waals surface area contributed by atoms with Gasteiger partial charge in [-0.15, -0.1) is 0 Å². The summed E-state index contributed by atoms with van der Waals surface area (Å²) in [7, 11) is 0. The molecular weight excluding hydrogens is 318 g/mol. The van der Waals surface area contributed by atoms with Crippen LogP contribution in [0.3, 0.4) is 0 Å². The Morgan fingerprint density at radius 2 is 1.31 bits per heavy atom. The number of nitrogens with one attached hydrogen (secondary N) is 1. The van der Waals surface area contributed by atoms with E-state index in [-0.39, 0.29) is 0 Å². The first-order chi connectivity index (χ1) is 12.9. The van der Waals surface area contributed by atoms with Crippen molar-refractivity contribution in [3.63, 3.8) is 0 Å². The van der Waals surface area contributed by atoms with Crippen LogP contribution in [0.4, 0.5) is 17.1 Å². The van der Waals surface area contributed by atoms with E-state index in [0.717, 1.165) is 28.1 Å². The van der Waals surface area contributed by atoms with Crippen molar-refractivity contribution in [2.75, 3.05) is 4.90 Å². The normalized spacial score (nSPS) is 11.1. The minimum absolute atomic E-state index is 1.06. The summed E-state index contributed by atoms with van der Waals surface area (Å²) in [5.74, 6) is 0. The van der Waals surface area contributed by atoms with Gasteiger partial charge in [-0.05, 0) is 48.5 Å². The lowest BCUT2D eigenvalue weighted by Crippen LogP contribution is -2.09. The minimum Gasteiger partial charge on any atom is -0.353 e. The molecule has 3 heteroatoms. The molecule has 1 N–H and O–H groups in total. The Labute approximate surface area is 151 Å². The van der Waals surface area contributed by atoms with Gasteiger partial charge in [0, 0.05) is 39.5 Å². The Bertz CT molecular complexity index is 1140. The van der Waals surface area contributed by atoms with Crippen molar-refractivity contribution in [2.45, 2.75) is 0 Å². The maximum Gasteiger partial charge on any atom is 0.0651 e. The average molecular weight is 335 g/mol. The van der Waals surface area contributed by atoms with E-state index >= 15 is 0 Å². The largest absolute Gasteiger partial charge is 0.353 e. The molecule has 26 heavy (non-hydrogen) atoms. The molecule has 0 fully saturated rings. The van der Waals surface area contributed by atoms with Crippen molar-refractivity contribution in [2.24, 2.45) is 0 Å². The number of pyridine rings is 1. The zero-order valence-electron chi connectivity index (χ0n) is 14.1. The molecule has 0 aliphatic heterocycles. The van der Waals surface area contributed by atoms with Crippen molar-refractivity contribution < 1.29 is 0 Å². The number of para-hydroxylation sites is 2. The van der Waals surface area contributed by atoms with Gasteiger partial charge in [-0.3, -0.25) is 4.98 Å². The Hall–Kier alpha value is -3.59. The lowest BCUT2D eigenvalue weighted by atomic mass is 10.1. The maximum absolute atomic E-state index is 4.22. The molecule has 0 spiro atoms. The number of H-pyrrole nitrogens is 1. The van der Waals surface area contributed by atoms with Gasteiger partial charge >= 0.3 is 0 Å². The van der Waals surface area contributed by atoms with Crippen LogP contribution in [0.1, 0.15) is 0 Å². The summed E-state index contributed by atoms with van der Waals surface area (Å²) in [6.07, 6.45) is 3.72. The van der Waals surface area contributed by atoms with Crippen LogP contribution in [-0.4, -0.2) is 9.97 Å². The molecule has 3 aromatic carbocycles. The smallest absolute Gasteiger partial charge is 0.0651 e. The van der Waals surface area contributed by atoms with E-state index in [1.54, 1.807) is 0 Å². The summed E-state index contributed by atoms with van der Waals surface area (Å²) in [6.45, 7) is 0. The molecule has 5 rings (SSSR count). The van der Waals surface area contributed by atoms with Gasteiger partial charge < -0.3 is 9.88 Å². The highest BCUT2D eigenvalue weighted by molar-refractivity contribution is 6.08. The lowest BCUT2D eigenvalue weighted by molar-refractivity contribution is 1.29. The van der Waals surface area contributed by atoms with E-state index in [1.807, 2.05) is 24.5 Å². The molecule has 0 aliphatic carbocycles. The van der Waals surface area contributed by atoms with Gasteiger partial charge in [0.2, 0.25) is 0 Å². The van der Waals surface area contributed by atoms with Gasteiger partial charge in [0.25, 0.3) is 0 Å². The van der Waals surface area contributed by atoms with Crippen LogP contribution in [0, 0.1) is 0 Å². The number of aromatic amines is 1. The van der Waals surface area contributed by atoms with Crippen molar-refractivity contribution in [3.05, 3.63) is 97.3 Å². The molecule has 3 nitrogen and oxygen atoms in total. The summed E-state index contributed by atoms with van der Waals surface area (Å²) < 4.78 is 0. The highest BCUT2D eigenvalue weighted by atomic mass is 15.1. The third-order valence-electron chi connectivity index (χ3n) is 4.67. The molecule has 2 aromatic heterocycles. The monoisotopic (exact) mass is 335 g/mol.